The fraction of sp³-hybridized carbons (Fsp3) is 0. The summed E-state index contributed by atoms with van der Waals surface area (Å²) in [4.78, 5) is 16.3. The Bertz CT molecular complexity index is 1070. The molecule has 0 aliphatic heterocycles. The maximum Gasteiger partial charge on any atom is 0.354 e. The molecule has 0 atom stereocenters. The van der Waals surface area contributed by atoms with Gasteiger partial charge in [-0.25, -0.2) is 4.79 Å². The molecule has 2 aromatic heterocycles. The van der Waals surface area contributed by atoms with Crippen molar-refractivity contribution in [2.75, 3.05) is 5.73 Å². The largest absolute Gasteiger partial charge is 0.463 e. The van der Waals surface area contributed by atoms with Crippen LogP contribution in [0.5, 0.6) is 0 Å². The third-order valence-electron chi connectivity index (χ3n) is 3.59. The molecule has 0 amide bonds. The molecule has 6 heteroatoms. The summed E-state index contributed by atoms with van der Waals surface area (Å²) in [5.41, 5.74) is 7.27. The Morgan fingerprint density at radius 3 is 2.73 bits per heavy atom. The Labute approximate surface area is 129 Å². The number of hydrogen-bond acceptors (Lipinski definition) is 4. The summed E-state index contributed by atoms with van der Waals surface area (Å²) in [6.45, 7) is 0. The average molecular weight is 312 g/mol. The van der Waals surface area contributed by atoms with Crippen LogP contribution < -0.4 is 11.4 Å². The quantitative estimate of drug-likeness (QED) is 0.585. The number of nitrogens with zero attached hydrogens (tertiary/aromatic N) is 2. The number of furan rings is 1. The Balaban J connectivity index is 2.27. The molecule has 2 N–H and O–H groups in total. The Hall–Kier alpha value is -2.79. The van der Waals surface area contributed by atoms with E-state index in [2.05, 4.69) is 4.98 Å². The van der Waals surface area contributed by atoms with E-state index in [9.17, 15) is 4.79 Å². The SMILES string of the molecule is Nc1nc(=O)n(-c2ccccc2)c2cc(Cl)c3ccoc3c12. The molecule has 0 saturated heterocycles. The van der Waals surface area contributed by atoms with Gasteiger partial charge in [-0.15, -0.1) is 0 Å². The lowest BCUT2D eigenvalue weighted by Crippen LogP contribution is -2.23. The molecule has 0 spiro atoms. The van der Waals surface area contributed by atoms with E-state index in [1.165, 1.54) is 10.8 Å². The maximum atomic E-state index is 12.3. The number of aromatic nitrogens is 2. The second kappa shape index (κ2) is 4.61. The van der Waals surface area contributed by atoms with Gasteiger partial charge >= 0.3 is 5.69 Å². The second-order valence-corrected chi connectivity index (χ2v) is 5.27. The van der Waals surface area contributed by atoms with Crippen molar-refractivity contribution in [1.82, 2.24) is 9.55 Å². The lowest BCUT2D eigenvalue weighted by atomic mass is 10.1. The van der Waals surface area contributed by atoms with Crippen LogP contribution in [0.15, 0.2) is 57.9 Å². The smallest absolute Gasteiger partial charge is 0.354 e. The van der Waals surface area contributed by atoms with Crippen molar-refractivity contribution in [1.29, 1.82) is 0 Å². The number of fused-ring (bicyclic) bond motifs is 3. The first-order valence-corrected chi connectivity index (χ1v) is 6.98. The number of rotatable bonds is 1. The summed E-state index contributed by atoms with van der Waals surface area (Å²) in [7, 11) is 0. The minimum absolute atomic E-state index is 0.129. The second-order valence-electron chi connectivity index (χ2n) is 4.87. The summed E-state index contributed by atoms with van der Waals surface area (Å²) in [5.74, 6) is 0.129. The zero-order valence-electron chi connectivity index (χ0n) is 11.3. The Morgan fingerprint density at radius 1 is 1.18 bits per heavy atom. The van der Waals surface area contributed by atoms with E-state index in [0.29, 0.717) is 27.2 Å². The number of nitrogen functional groups attached to an aromatic ring is 1. The molecule has 0 saturated carbocycles. The van der Waals surface area contributed by atoms with Crippen molar-refractivity contribution in [2.45, 2.75) is 0 Å². The molecule has 5 nitrogen and oxygen atoms in total. The van der Waals surface area contributed by atoms with Crippen LogP contribution in [-0.2, 0) is 0 Å². The van der Waals surface area contributed by atoms with E-state index in [1.54, 1.807) is 12.1 Å². The highest BCUT2D eigenvalue weighted by atomic mass is 35.5. The predicted molar refractivity (Wildman–Crippen MR) is 86.5 cm³/mol. The van der Waals surface area contributed by atoms with E-state index in [4.69, 9.17) is 21.8 Å². The fourth-order valence-electron chi connectivity index (χ4n) is 2.64. The summed E-state index contributed by atoms with van der Waals surface area (Å²) in [6, 6.07) is 12.7. The number of nitrogens with two attached hydrogens (primary N) is 1. The highest BCUT2D eigenvalue weighted by Crippen LogP contribution is 2.34. The normalized spacial score (nSPS) is 11.3. The van der Waals surface area contributed by atoms with Crippen LogP contribution in [0.4, 0.5) is 5.82 Å². The van der Waals surface area contributed by atoms with Gasteiger partial charge in [-0.05, 0) is 24.3 Å². The van der Waals surface area contributed by atoms with Crippen LogP contribution in [0, 0.1) is 0 Å². The van der Waals surface area contributed by atoms with Crippen molar-refractivity contribution in [3.05, 3.63) is 64.2 Å². The van der Waals surface area contributed by atoms with Crippen molar-refractivity contribution >= 4 is 39.3 Å². The molecule has 0 fully saturated rings. The molecule has 0 aliphatic carbocycles. The molecular formula is C16H10ClN3O2. The van der Waals surface area contributed by atoms with Crippen molar-refractivity contribution in [3.8, 4) is 5.69 Å². The minimum Gasteiger partial charge on any atom is -0.463 e. The van der Waals surface area contributed by atoms with Gasteiger partial charge in [0, 0.05) is 5.39 Å². The van der Waals surface area contributed by atoms with Crippen LogP contribution in [0.3, 0.4) is 0 Å². The zero-order chi connectivity index (χ0) is 15.3. The molecule has 0 bridgehead atoms. The standard InChI is InChI=1S/C16H10ClN3O2/c17-11-8-12-13(14-10(11)6-7-22-14)15(18)19-16(21)20(12)9-4-2-1-3-5-9/h1-8H,(H2,18,19,21). The first-order valence-electron chi connectivity index (χ1n) is 6.60. The molecule has 2 heterocycles. The number of anilines is 1. The molecule has 108 valence electrons. The molecule has 0 unspecified atom stereocenters. The average Bonchev–Trinajstić information content (AvgIpc) is 2.98. The van der Waals surface area contributed by atoms with E-state index in [-0.39, 0.29) is 5.82 Å². The van der Waals surface area contributed by atoms with Gasteiger partial charge in [0.15, 0.2) is 0 Å². The number of hydrogen-bond donors (Lipinski definition) is 1. The lowest BCUT2D eigenvalue weighted by Gasteiger charge is -2.11. The lowest BCUT2D eigenvalue weighted by molar-refractivity contribution is 0.619. The molecule has 4 aromatic rings. The topological polar surface area (TPSA) is 74.0 Å². The fourth-order valence-corrected chi connectivity index (χ4v) is 2.89. The van der Waals surface area contributed by atoms with Gasteiger partial charge in [0.1, 0.15) is 11.4 Å². The molecule has 0 radical (unpaired) electrons. The predicted octanol–water partition coefficient (Wildman–Crippen LogP) is 3.37. The van der Waals surface area contributed by atoms with Gasteiger partial charge in [0.2, 0.25) is 0 Å². The third kappa shape index (κ3) is 1.72. The first kappa shape index (κ1) is 12.9. The monoisotopic (exact) mass is 311 g/mol. The van der Waals surface area contributed by atoms with Gasteiger partial charge in [-0.2, -0.15) is 4.98 Å². The summed E-state index contributed by atoms with van der Waals surface area (Å²) in [5, 5.41) is 1.81. The maximum absolute atomic E-state index is 12.3. The van der Waals surface area contributed by atoms with Gasteiger partial charge < -0.3 is 10.2 Å². The molecule has 2 aromatic carbocycles. The van der Waals surface area contributed by atoms with E-state index in [0.717, 1.165) is 5.39 Å². The number of halogens is 1. The van der Waals surface area contributed by atoms with Crippen LogP contribution in [0.1, 0.15) is 0 Å². The van der Waals surface area contributed by atoms with E-state index >= 15 is 0 Å². The van der Waals surface area contributed by atoms with Crippen molar-refractivity contribution < 1.29 is 4.42 Å². The van der Waals surface area contributed by atoms with E-state index < -0.39 is 5.69 Å². The Kier molecular flexibility index (Phi) is 2.71. The summed E-state index contributed by atoms with van der Waals surface area (Å²) in [6.07, 6.45) is 1.54. The van der Waals surface area contributed by atoms with Crippen LogP contribution in [0.2, 0.25) is 5.02 Å². The molecule has 0 aliphatic rings. The first-order chi connectivity index (χ1) is 10.7. The molecule has 4 rings (SSSR count). The summed E-state index contributed by atoms with van der Waals surface area (Å²) < 4.78 is 6.98. The van der Waals surface area contributed by atoms with Crippen molar-refractivity contribution in [2.24, 2.45) is 0 Å². The zero-order valence-corrected chi connectivity index (χ0v) is 12.0. The number of benzene rings is 2. The van der Waals surface area contributed by atoms with Gasteiger partial charge in [-0.3, -0.25) is 4.57 Å². The highest BCUT2D eigenvalue weighted by molar-refractivity contribution is 6.37. The van der Waals surface area contributed by atoms with Crippen LogP contribution in [0.25, 0.3) is 27.6 Å². The highest BCUT2D eigenvalue weighted by Gasteiger charge is 2.17. The minimum atomic E-state index is -0.460. The third-order valence-corrected chi connectivity index (χ3v) is 3.90. The van der Waals surface area contributed by atoms with Crippen molar-refractivity contribution in [3.63, 3.8) is 0 Å². The Morgan fingerprint density at radius 2 is 1.95 bits per heavy atom. The van der Waals surface area contributed by atoms with Gasteiger partial charge in [0.25, 0.3) is 0 Å². The van der Waals surface area contributed by atoms with Crippen LogP contribution in [-0.4, -0.2) is 9.55 Å². The molecule has 22 heavy (non-hydrogen) atoms. The molecular weight excluding hydrogens is 302 g/mol. The van der Waals surface area contributed by atoms with Gasteiger partial charge in [-0.1, -0.05) is 29.8 Å². The summed E-state index contributed by atoms with van der Waals surface area (Å²) >= 11 is 6.30. The van der Waals surface area contributed by atoms with E-state index in [1.807, 2.05) is 30.3 Å². The van der Waals surface area contributed by atoms with Crippen LogP contribution >= 0.6 is 11.6 Å². The number of para-hydroxylation sites is 1. The van der Waals surface area contributed by atoms with Gasteiger partial charge in [0.05, 0.1) is 27.9 Å².